The zero-order valence-electron chi connectivity index (χ0n) is 13.1. The number of aldehydes is 1. The quantitative estimate of drug-likeness (QED) is 0.714. The summed E-state index contributed by atoms with van der Waals surface area (Å²) in [7, 11) is 0. The van der Waals surface area contributed by atoms with Crippen LogP contribution in [-0.4, -0.2) is 41.6 Å². The monoisotopic (exact) mass is 328 g/mol. The molecule has 1 aliphatic rings. The molecular weight excluding hydrogens is 306 g/mol. The Kier molecular flexibility index (Phi) is 6.64. The second kappa shape index (κ2) is 8.71. The van der Waals surface area contributed by atoms with Gasteiger partial charge in [-0.15, -0.1) is 0 Å². The Morgan fingerprint density at radius 3 is 2.78 bits per heavy atom. The number of halogens is 2. The highest BCUT2D eigenvalue weighted by Gasteiger charge is 2.17. The van der Waals surface area contributed by atoms with E-state index in [1.807, 2.05) is 0 Å². The number of anilines is 2. The van der Waals surface area contributed by atoms with Gasteiger partial charge in [0.2, 0.25) is 5.95 Å². The maximum atomic E-state index is 12.0. The molecular formula is C15H22F2N4O2. The van der Waals surface area contributed by atoms with E-state index in [-0.39, 0.29) is 18.6 Å². The molecule has 1 saturated carbocycles. The van der Waals surface area contributed by atoms with Crippen molar-refractivity contribution >= 4 is 18.1 Å². The van der Waals surface area contributed by atoms with Crippen molar-refractivity contribution in [1.29, 1.82) is 0 Å². The van der Waals surface area contributed by atoms with E-state index in [1.54, 1.807) is 6.92 Å². The Morgan fingerprint density at radius 2 is 2.13 bits per heavy atom. The van der Waals surface area contributed by atoms with Crippen LogP contribution in [0.3, 0.4) is 0 Å². The standard InChI is InChI=1S/C15H22F2N4O2/c1-10(9-23-14(16)17)19-15-18-7-11(8-22)13(21-15)20-12-5-3-2-4-6-12/h7-8,10,12,14H,2-6,9H2,1H3,(H2,18,19,20,21)/t10-/m0/s1. The molecule has 1 aliphatic carbocycles. The predicted octanol–water partition coefficient (Wildman–Crippen LogP) is 3.07. The van der Waals surface area contributed by atoms with Crippen LogP contribution in [-0.2, 0) is 4.74 Å². The van der Waals surface area contributed by atoms with Crippen LogP contribution in [0.25, 0.3) is 0 Å². The summed E-state index contributed by atoms with van der Waals surface area (Å²) in [6.45, 7) is -1.28. The number of aromatic nitrogens is 2. The molecule has 0 aromatic carbocycles. The third-order valence-electron chi connectivity index (χ3n) is 3.74. The van der Waals surface area contributed by atoms with Crippen molar-refractivity contribution < 1.29 is 18.3 Å². The first kappa shape index (κ1) is 17.5. The average molecular weight is 328 g/mol. The molecule has 2 N–H and O–H groups in total. The summed E-state index contributed by atoms with van der Waals surface area (Å²) in [5, 5.41) is 6.18. The molecule has 1 aromatic heterocycles. The summed E-state index contributed by atoms with van der Waals surface area (Å²) in [5.41, 5.74) is 0.387. The summed E-state index contributed by atoms with van der Waals surface area (Å²) in [6.07, 6.45) is 7.77. The van der Waals surface area contributed by atoms with Crippen LogP contribution >= 0.6 is 0 Å². The van der Waals surface area contributed by atoms with Gasteiger partial charge in [0.05, 0.1) is 12.2 Å². The maximum Gasteiger partial charge on any atom is 0.345 e. The highest BCUT2D eigenvalue weighted by atomic mass is 19.3. The predicted molar refractivity (Wildman–Crippen MR) is 83.0 cm³/mol. The van der Waals surface area contributed by atoms with E-state index in [0.29, 0.717) is 23.7 Å². The average Bonchev–Trinajstić information content (AvgIpc) is 2.54. The lowest BCUT2D eigenvalue weighted by molar-refractivity contribution is -0.130. The summed E-state index contributed by atoms with van der Waals surface area (Å²) in [6, 6.07) is -0.0848. The summed E-state index contributed by atoms with van der Waals surface area (Å²) < 4.78 is 28.3. The minimum Gasteiger partial charge on any atom is -0.367 e. The van der Waals surface area contributed by atoms with Crippen LogP contribution in [0.4, 0.5) is 20.5 Å². The van der Waals surface area contributed by atoms with Crippen molar-refractivity contribution in [2.75, 3.05) is 17.2 Å². The number of nitrogens with zero attached hydrogens (tertiary/aromatic N) is 2. The van der Waals surface area contributed by atoms with Crippen LogP contribution in [0.15, 0.2) is 6.20 Å². The van der Waals surface area contributed by atoms with Crippen LogP contribution in [0.2, 0.25) is 0 Å². The second-order valence-corrected chi connectivity index (χ2v) is 5.73. The third kappa shape index (κ3) is 5.70. The fourth-order valence-electron chi connectivity index (χ4n) is 2.58. The minimum absolute atomic E-state index is 0.165. The largest absolute Gasteiger partial charge is 0.367 e. The fourth-order valence-corrected chi connectivity index (χ4v) is 2.58. The Balaban J connectivity index is 2.00. The van der Waals surface area contributed by atoms with Crippen molar-refractivity contribution in [2.24, 2.45) is 0 Å². The van der Waals surface area contributed by atoms with E-state index >= 15 is 0 Å². The van der Waals surface area contributed by atoms with Gasteiger partial charge >= 0.3 is 6.61 Å². The molecule has 1 heterocycles. The van der Waals surface area contributed by atoms with Gasteiger partial charge in [0.1, 0.15) is 5.82 Å². The molecule has 2 rings (SSSR count). The molecule has 0 saturated heterocycles. The van der Waals surface area contributed by atoms with Gasteiger partial charge in [-0.3, -0.25) is 4.79 Å². The lowest BCUT2D eigenvalue weighted by atomic mass is 9.95. The Hall–Kier alpha value is -1.83. The Labute approximate surface area is 134 Å². The summed E-state index contributed by atoms with van der Waals surface area (Å²) >= 11 is 0. The molecule has 6 nitrogen and oxygen atoms in total. The number of hydrogen-bond acceptors (Lipinski definition) is 6. The van der Waals surface area contributed by atoms with Gasteiger partial charge in [-0.25, -0.2) is 4.98 Å². The molecule has 0 bridgehead atoms. The van der Waals surface area contributed by atoms with Crippen molar-refractivity contribution in [2.45, 2.75) is 57.7 Å². The topological polar surface area (TPSA) is 76.1 Å². The minimum atomic E-state index is -2.80. The zero-order valence-corrected chi connectivity index (χ0v) is 13.1. The number of alkyl halides is 2. The third-order valence-corrected chi connectivity index (χ3v) is 3.74. The van der Waals surface area contributed by atoms with Gasteiger partial charge in [0.15, 0.2) is 6.29 Å². The van der Waals surface area contributed by atoms with E-state index in [0.717, 1.165) is 25.7 Å². The number of hydrogen-bond donors (Lipinski definition) is 2. The first-order chi connectivity index (χ1) is 11.1. The van der Waals surface area contributed by atoms with Gasteiger partial charge in [-0.2, -0.15) is 13.8 Å². The normalized spacial score (nSPS) is 17.0. The van der Waals surface area contributed by atoms with Crippen molar-refractivity contribution in [1.82, 2.24) is 9.97 Å². The second-order valence-electron chi connectivity index (χ2n) is 5.73. The van der Waals surface area contributed by atoms with Crippen LogP contribution in [0.5, 0.6) is 0 Å². The molecule has 23 heavy (non-hydrogen) atoms. The molecule has 1 atom stereocenters. The van der Waals surface area contributed by atoms with Crippen molar-refractivity contribution in [3.63, 3.8) is 0 Å². The smallest absolute Gasteiger partial charge is 0.345 e. The van der Waals surface area contributed by atoms with E-state index in [4.69, 9.17) is 0 Å². The molecule has 0 aliphatic heterocycles. The highest BCUT2D eigenvalue weighted by molar-refractivity contribution is 5.82. The molecule has 0 radical (unpaired) electrons. The van der Waals surface area contributed by atoms with Crippen LogP contribution < -0.4 is 10.6 Å². The van der Waals surface area contributed by atoms with E-state index in [2.05, 4.69) is 25.3 Å². The molecule has 0 amide bonds. The van der Waals surface area contributed by atoms with Crippen LogP contribution in [0, 0.1) is 0 Å². The van der Waals surface area contributed by atoms with E-state index in [1.165, 1.54) is 12.6 Å². The maximum absolute atomic E-state index is 12.0. The van der Waals surface area contributed by atoms with E-state index in [9.17, 15) is 13.6 Å². The first-order valence-corrected chi connectivity index (χ1v) is 7.83. The van der Waals surface area contributed by atoms with Gasteiger partial charge in [0.25, 0.3) is 0 Å². The Morgan fingerprint density at radius 1 is 1.39 bits per heavy atom. The number of carbonyl (C=O) groups is 1. The molecule has 1 fully saturated rings. The van der Waals surface area contributed by atoms with Gasteiger partial charge in [-0.1, -0.05) is 19.3 Å². The zero-order chi connectivity index (χ0) is 16.7. The lowest BCUT2D eigenvalue weighted by Crippen LogP contribution is -2.26. The summed E-state index contributed by atoms with van der Waals surface area (Å²) in [5.74, 6) is 0.755. The first-order valence-electron chi connectivity index (χ1n) is 7.83. The van der Waals surface area contributed by atoms with Crippen LogP contribution in [0.1, 0.15) is 49.4 Å². The van der Waals surface area contributed by atoms with Gasteiger partial charge in [-0.05, 0) is 19.8 Å². The highest BCUT2D eigenvalue weighted by Crippen LogP contribution is 2.22. The lowest BCUT2D eigenvalue weighted by Gasteiger charge is -2.24. The number of rotatable bonds is 8. The molecule has 128 valence electrons. The molecule has 0 spiro atoms. The number of nitrogens with one attached hydrogen (secondary N) is 2. The summed E-state index contributed by atoms with van der Waals surface area (Å²) in [4.78, 5) is 19.5. The molecule has 8 heteroatoms. The van der Waals surface area contributed by atoms with Gasteiger partial charge in [0, 0.05) is 18.3 Å². The van der Waals surface area contributed by atoms with Crippen molar-refractivity contribution in [3.05, 3.63) is 11.8 Å². The Bertz CT molecular complexity index is 510. The number of ether oxygens (including phenoxy) is 1. The SMILES string of the molecule is C[C@@H](COC(F)F)Nc1ncc(C=O)c(NC2CCCCC2)n1. The van der Waals surface area contributed by atoms with Crippen molar-refractivity contribution in [3.8, 4) is 0 Å². The molecule has 1 aromatic rings. The van der Waals surface area contributed by atoms with Gasteiger partial charge < -0.3 is 15.4 Å². The molecule has 0 unspecified atom stereocenters. The van der Waals surface area contributed by atoms with E-state index < -0.39 is 6.61 Å². The fraction of sp³-hybridized carbons (Fsp3) is 0.667. The number of carbonyl (C=O) groups excluding carboxylic acids is 1.